The van der Waals surface area contributed by atoms with E-state index in [1.54, 1.807) is 0 Å². The summed E-state index contributed by atoms with van der Waals surface area (Å²) in [4.78, 5) is 31.9. The molecule has 1 rings (SSSR count). The van der Waals surface area contributed by atoms with E-state index >= 15 is 0 Å². The van der Waals surface area contributed by atoms with Crippen molar-refractivity contribution in [1.29, 1.82) is 0 Å². The summed E-state index contributed by atoms with van der Waals surface area (Å²) in [7, 11) is 0. The third kappa shape index (κ3) is 7.66. The van der Waals surface area contributed by atoms with Crippen molar-refractivity contribution >= 4 is 23.2 Å². The molecule has 1 aliphatic rings. The third-order valence-electron chi connectivity index (χ3n) is 2.91. The lowest BCUT2D eigenvalue weighted by Gasteiger charge is -2.07. The van der Waals surface area contributed by atoms with Gasteiger partial charge < -0.3 is 10.6 Å². The van der Waals surface area contributed by atoms with Gasteiger partial charge in [-0.15, -0.1) is 0 Å². The van der Waals surface area contributed by atoms with Crippen molar-refractivity contribution in [2.24, 2.45) is 9.98 Å². The van der Waals surface area contributed by atoms with Gasteiger partial charge in [0.25, 0.3) is 0 Å². The monoisotopic (exact) mass is 280 g/mol. The van der Waals surface area contributed by atoms with Gasteiger partial charge in [-0.25, -0.2) is 0 Å². The Kier molecular flexibility index (Phi) is 7.54. The summed E-state index contributed by atoms with van der Waals surface area (Å²) in [6.45, 7) is 6.19. The van der Waals surface area contributed by atoms with Crippen molar-refractivity contribution in [3.8, 4) is 0 Å². The summed E-state index contributed by atoms with van der Waals surface area (Å²) in [5.41, 5.74) is 1.66. The van der Waals surface area contributed by atoms with E-state index in [1.807, 2.05) is 13.8 Å². The SMILES string of the molecule is CC1=NCCCNC(=O)CC(C)=NCCCNC(=O)C1. The van der Waals surface area contributed by atoms with E-state index in [1.165, 1.54) is 0 Å². The molecule has 112 valence electrons. The molecule has 20 heavy (non-hydrogen) atoms. The Hall–Kier alpha value is -1.72. The fourth-order valence-corrected chi connectivity index (χ4v) is 1.86. The largest absolute Gasteiger partial charge is 0.356 e. The van der Waals surface area contributed by atoms with Crippen LogP contribution >= 0.6 is 0 Å². The van der Waals surface area contributed by atoms with Gasteiger partial charge in [-0.2, -0.15) is 0 Å². The van der Waals surface area contributed by atoms with Crippen LogP contribution in [-0.4, -0.2) is 49.4 Å². The number of hydrogen-bond donors (Lipinski definition) is 2. The van der Waals surface area contributed by atoms with Crippen LogP contribution in [0.15, 0.2) is 9.98 Å². The van der Waals surface area contributed by atoms with Gasteiger partial charge >= 0.3 is 0 Å². The normalized spacial score (nSPS) is 20.5. The van der Waals surface area contributed by atoms with E-state index in [9.17, 15) is 9.59 Å². The zero-order valence-electron chi connectivity index (χ0n) is 12.4. The predicted octanol–water partition coefficient (Wildman–Crippen LogP) is 0.715. The maximum atomic E-state index is 11.6. The molecule has 0 saturated carbocycles. The topological polar surface area (TPSA) is 82.9 Å². The minimum Gasteiger partial charge on any atom is -0.356 e. The number of nitrogens with zero attached hydrogens (tertiary/aromatic N) is 2. The molecule has 0 aliphatic carbocycles. The standard InChI is InChI=1S/C14H24N4O2/c1-11-9-13(19)17-8-4-6-16-12(2)10-14(20)18-7-3-5-15-11/h3-10H2,1-2H3,(H,17,19)(H,18,20). The average molecular weight is 280 g/mol. The Morgan fingerprint density at radius 2 is 1.20 bits per heavy atom. The third-order valence-corrected chi connectivity index (χ3v) is 2.91. The average Bonchev–Trinajstić information content (AvgIpc) is 2.36. The van der Waals surface area contributed by atoms with E-state index in [2.05, 4.69) is 20.6 Å². The van der Waals surface area contributed by atoms with Crippen molar-refractivity contribution in [2.45, 2.75) is 39.5 Å². The van der Waals surface area contributed by atoms with E-state index in [-0.39, 0.29) is 11.8 Å². The fourth-order valence-electron chi connectivity index (χ4n) is 1.86. The lowest BCUT2D eigenvalue weighted by atomic mass is 10.2. The zero-order valence-corrected chi connectivity index (χ0v) is 12.4. The highest BCUT2D eigenvalue weighted by molar-refractivity contribution is 6.00. The number of aliphatic imine (C=N–C) groups is 2. The molecule has 0 spiro atoms. The van der Waals surface area contributed by atoms with Crippen LogP contribution in [0.25, 0.3) is 0 Å². The Labute approximate surface area is 120 Å². The Bertz CT molecular complexity index is 364. The second kappa shape index (κ2) is 9.23. The predicted molar refractivity (Wildman–Crippen MR) is 80.4 cm³/mol. The second-order valence-electron chi connectivity index (χ2n) is 4.99. The van der Waals surface area contributed by atoms with Crippen molar-refractivity contribution in [1.82, 2.24) is 10.6 Å². The molecule has 0 fully saturated rings. The molecule has 6 heteroatoms. The van der Waals surface area contributed by atoms with Crippen molar-refractivity contribution in [2.75, 3.05) is 26.2 Å². The van der Waals surface area contributed by atoms with Crippen molar-refractivity contribution < 1.29 is 9.59 Å². The van der Waals surface area contributed by atoms with Gasteiger partial charge in [-0.3, -0.25) is 19.6 Å². The molecular weight excluding hydrogens is 256 g/mol. The number of carbonyl (C=O) groups excluding carboxylic acids is 2. The highest BCUT2D eigenvalue weighted by atomic mass is 16.2. The lowest BCUT2D eigenvalue weighted by molar-refractivity contribution is -0.120. The van der Waals surface area contributed by atoms with Gasteiger partial charge in [0.2, 0.25) is 11.8 Å². The summed E-state index contributed by atoms with van der Waals surface area (Å²) in [6.07, 6.45) is 2.24. The van der Waals surface area contributed by atoms with Crippen LogP contribution in [0.1, 0.15) is 39.5 Å². The number of amides is 2. The molecule has 0 saturated heterocycles. The summed E-state index contributed by atoms with van der Waals surface area (Å²) < 4.78 is 0. The second-order valence-corrected chi connectivity index (χ2v) is 4.99. The van der Waals surface area contributed by atoms with Crippen molar-refractivity contribution in [3.05, 3.63) is 0 Å². The summed E-state index contributed by atoms with van der Waals surface area (Å²) in [5, 5.41) is 5.70. The maximum Gasteiger partial charge on any atom is 0.225 e. The van der Waals surface area contributed by atoms with Crippen LogP contribution in [0.3, 0.4) is 0 Å². The number of hydrogen-bond acceptors (Lipinski definition) is 4. The molecule has 1 aliphatic heterocycles. The smallest absolute Gasteiger partial charge is 0.225 e. The van der Waals surface area contributed by atoms with Crippen molar-refractivity contribution in [3.63, 3.8) is 0 Å². The molecule has 2 N–H and O–H groups in total. The maximum absolute atomic E-state index is 11.6. The molecule has 0 atom stereocenters. The number of nitrogens with one attached hydrogen (secondary N) is 2. The summed E-state index contributed by atoms with van der Waals surface area (Å²) in [6, 6.07) is 0. The first kappa shape index (κ1) is 16.3. The zero-order chi connectivity index (χ0) is 14.8. The molecule has 0 bridgehead atoms. The van der Waals surface area contributed by atoms with E-state index in [0.717, 1.165) is 24.3 Å². The number of carbonyl (C=O) groups is 2. The molecule has 6 nitrogen and oxygen atoms in total. The quantitative estimate of drug-likeness (QED) is 0.685. The molecule has 1 heterocycles. The van der Waals surface area contributed by atoms with E-state index in [0.29, 0.717) is 39.0 Å². The Morgan fingerprint density at radius 3 is 1.60 bits per heavy atom. The molecule has 0 aromatic rings. The Balaban J connectivity index is 2.53. The van der Waals surface area contributed by atoms with Gasteiger partial charge in [0.15, 0.2) is 0 Å². The summed E-state index contributed by atoms with van der Waals surface area (Å²) in [5.74, 6) is 0.0136. The van der Waals surface area contributed by atoms with Gasteiger partial charge in [-0.1, -0.05) is 0 Å². The van der Waals surface area contributed by atoms with Gasteiger partial charge in [0.1, 0.15) is 0 Å². The molecule has 0 radical (unpaired) electrons. The van der Waals surface area contributed by atoms with Crippen LogP contribution in [-0.2, 0) is 9.59 Å². The minimum absolute atomic E-state index is 0.00680. The van der Waals surface area contributed by atoms with Gasteiger partial charge in [-0.05, 0) is 26.7 Å². The highest BCUT2D eigenvalue weighted by Gasteiger charge is 2.05. The number of rotatable bonds is 0. The molecule has 0 aromatic heterocycles. The van der Waals surface area contributed by atoms with Crippen LogP contribution < -0.4 is 10.6 Å². The fraction of sp³-hybridized carbons (Fsp3) is 0.714. The van der Waals surface area contributed by atoms with E-state index < -0.39 is 0 Å². The van der Waals surface area contributed by atoms with Crippen LogP contribution in [0, 0.1) is 0 Å². The molecule has 0 aromatic carbocycles. The van der Waals surface area contributed by atoms with Crippen LogP contribution in [0.4, 0.5) is 0 Å². The van der Waals surface area contributed by atoms with Crippen LogP contribution in [0.2, 0.25) is 0 Å². The summed E-state index contributed by atoms with van der Waals surface area (Å²) >= 11 is 0. The first-order valence-electron chi connectivity index (χ1n) is 7.11. The minimum atomic E-state index is 0.00680. The molecule has 2 amide bonds. The van der Waals surface area contributed by atoms with Gasteiger partial charge in [0, 0.05) is 37.6 Å². The first-order valence-corrected chi connectivity index (χ1v) is 7.11. The Morgan fingerprint density at radius 1 is 0.800 bits per heavy atom. The van der Waals surface area contributed by atoms with Crippen LogP contribution in [0.5, 0.6) is 0 Å². The molecular formula is C14H24N4O2. The van der Waals surface area contributed by atoms with E-state index in [4.69, 9.17) is 0 Å². The highest BCUT2D eigenvalue weighted by Crippen LogP contribution is 1.93. The lowest BCUT2D eigenvalue weighted by Crippen LogP contribution is -2.28. The first-order chi connectivity index (χ1) is 9.58. The molecule has 0 unspecified atom stereocenters. The van der Waals surface area contributed by atoms with Gasteiger partial charge in [0.05, 0.1) is 12.8 Å².